The van der Waals surface area contributed by atoms with Crippen molar-refractivity contribution in [1.29, 1.82) is 0 Å². The lowest BCUT2D eigenvalue weighted by Crippen LogP contribution is -2.51. The summed E-state index contributed by atoms with van der Waals surface area (Å²) in [4.78, 5) is 13.5. The minimum absolute atomic E-state index is 0.0520. The predicted octanol–water partition coefficient (Wildman–Crippen LogP) is 0.561. The molecule has 0 aliphatic carbocycles. The average molecular weight is 250 g/mol. The molecule has 1 saturated heterocycles. The molecule has 0 radical (unpaired) electrons. The lowest BCUT2D eigenvalue weighted by molar-refractivity contribution is -0.133. The Balaban J connectivity index is 1.65. The van der Waals surface area contributed by atoms with Crippen molar-refractivity contribution in [2.75, 3.05) is 26.2 Å². The van der Waals surface area contributed by atoms with Crippen molar-refractivity contribution in [3.05, 3.63) is 29.6 Å². The normalized spacial score (nSPS) is 22.8. The highest BCUT2D eigenvalue weighted by Crippen LogP contribution is 2.29. The number of hydrogen-bond acceptors (Lipinski definition) is 3. The topological polar surface area (TPSA) is 41.6 Å². The van der Waals surface area contributed by atoms with Crippen molar-refractivity contribution in [1.82, 2.24) is 10.2 Å². The van der Waals surface area contributed by atoms with E-state index in [0.717, 1.165) is 17.9 Å². The molecule has 1 atom stereocenters. The maximum absolute atomic E-state index is 13.1. The van der Waals surface area contributed by atoms with Crippen molar-refractivity contribution in [2.45, 2.75) is 12.5 Å². The molecule has 4 nitrogen and oxygen atoms in total. The van der Waals surface area contributed by atoms with E-state index in [1.807, 2.05) is 4.90 Å². The zero-order valence-electron chi connectivity index (χ0n) is 9.99. The standard InChI is InChI=1S/C13H15FN2O2/c14-10-1-2-12-9(5-10)6-11(18-12)8-16-4-3-15-7-13(16)17/h1-2,5,11,15H,3-4,6-8H2. The van der Waals surface area contributed by atoms with Gasteiger partial charge in [0, 0.05) is 25.1 Å². The third kappa shape index (κ3) is 2.18. The molecule has 1 aromatic carbocycles. The first-order valence-electron chi connectivity index (χ1n) is 6.16. The Morgan fingerprint density at radius 1 is 1.50 bits per heavy atom. The third-order valence-electron chi connectivity index (χ3n) is 3.38. The van der Waals surface area contributed by atoms with Crippen LogP contribution >= 0.6 is 0 Å². The SMILES string of the molecule is O=C1CNCCN1CC1Cc2cc(F)ccc2O1. The Morgan fingerprint density at radius 3 is 3.22 bits per heavy atom. The van der Waals surface area contributed by atoms with Crippen LogP contribution in [0.4, 0.5) is 4.39 Å². The van der Waals surface area contributed by atoms with Gasteiger partial charge in [0.25, 0.3) is 0 Å². The van der Waals surface area contributed by atoms with Gasteiger partial charge in [0.2, 0.25) is 5.91 Å². The zero-order chi connectivity index (χ0) is 12.5. The number of hydrogen-bond donors (Lipinski definition) is 1. The Morgan fingerprint density at radius 2 is 2.39 bits per heavy atom. The van der Waals surface area contributed by atoms with E-state index in [4.69, 9.17) is 4.74 Å². The van der Waals surface area contributed by atoms with Crippen molar-refractivity contribution < 1.29 is 13.9 Å². The number of carbonyl (C=O) groups excluding carboxylic acids is 1. The summed E-state index contributed by atoms with van der Waals surface area (Å²) in [6, 6.07) is 4.57. The minimum Gasteiger partial charge on any atom is -0.488 e. The molecular formula is C13H15FN2O2. The van der Waals surface area contributed by atoms with E-state index in [1.54, 1.807) is 6.07 Å². The molecule has 0 bridgehead atoms. The van der Waals surface area contributed by atoms with Crippen LogP contribution in [-0.4, -0.2) is 43.1 Å². The van der Waals surface area contributed by atoms with E-state index >= 15 is 0 Å². The van der Waals surface area contributed by atoms with E-state index in [-0.39, 0.29) is 17.8 Å². The maximum atomic E-state index is 13.1. The number of nitrogens with zero attached hydrogens (tertiary/aromatic N) is 1. The van der Waals surface area contributed by atoms with Gasteiger partial charge in [-0.3, -0.25) is 4.79 Å². The van der Waals surface area contributed by atoms with Crippen LogP contribution in [0.5, 0.6) is 5.75 Å². The van der Waals surface area contributed by atoms with Gasteiger partial charge in [0.15, 0.2) is 0 Å². The summed E-state index contributed by atoms with van der Waals surface area (Å²) in [5, 5.41) is 3.03. The molecule has 2 aliphatic heterocycles. The smallest absolute Gasteiger partial charge is 0.236 e. The summed E-state index contributed by atoms with van der Waals surface area (Å²) in [5.74, 6) is 0.604. The molecule has 1 fully saturated rings. The quantitative estimate of drug-likeness (QED) is 0.834. The lowest BCUT2D eigenvalue weighted by Gasteiger charge is -2.29. The predicted molar refractivity (Wildman–Crippen MR) is 64.0 cm³/mol. The molecule has 1 aromatic rings. The molecule has 1 unspecified atom stereocenters. The van der Waals surface area contributed by atoms with Crippen LogP contribution in [0.1, 0.15) is 5.56 Å². The molecular weight excluding hydrogens is 235 g/mol. The number of carbonyl (C=O) groups is 1. The fraction of sp³-hybridized carbons (Fsp3) is 0.462. The van der Waals surface area contributed by atoms with E-state index in [0.29, 0.717) is 26.1 Å². The zero-order valence-corrected chi connectivity index (χ0v) is 9.99. The van der Waals surface area contributed by atoms with Crippen LogP contribution in [0.2, 0.25) is 0 Å². The maximum Gasteiger partial charge on any atom is 0.236 e. The van der Waals surface area contributed by atoms with Gasteiger partial charge in [-0.05, 0) is 18.2 Å². The van der Waals surface area contributed by atoms with Gasteiger partial charge in [-0.1, -0.05) is 0 Å². The highest BCUT2D eigenvalue weighted by atomic mass is 19.1. The Labute approximate surface area is 105 Å². The van der Waals surface area contributed by atoms with E-state index < -0.39 is 0 Å². The summed E-state index contributed by atoms with van der Waals surface area (Å²) in [6.45, 7) is 2.51. The summed E-state index contributed by atoms with van der Waals surface area (Å²) in [7, 11) is 0. The van der Waals surface area contributed by atoms with Gasteiger partial charge >= 0.3 is 0 Å². The summed E-state index contributed by atoms with van der Waals surface area (Å²) >= 11 is 0. The first kappa shape index (κ1) is 11.5. The van der Waals surface area contributed by atoms with Crippen molar-refractivity contribution in [3.63, 3.8) is 0 Å². The molecule has 0 saturated carbocycles. The van der Waals surface area contributed by atoms with Crippen LogP contribution in [0.15, 0.2) is 18.2 Å². The lowest BCUT2D eigenvalue weighted by atomic mass is 10.1. The molecule has 5 heteroatoms. The van der Waals surface area contributed by atoms with Crippen LogP contribution < -0.4 is 10.1 Å². The average Bonchev–Trinajstić information content (AvgIpc) is 2.73. The number of ether oxygens (including phenoxy) is 1. The number of benzene rings is 1. The van der Waals surface area contributed by atoms with E-state index in [9.17, 15) is 9.18 Å². The summed E-state index contributed by atoms with van der Waals surface area (Å²) in [5.41, 5.74) is 0.891. The van der Waals surface area contributed by atoms with Gasteiger partial charge < -0.3 is 15.0 Å². The van der Waals surface area contributed by atoms with Gasteiger partial charge in [-0.15, -0.1) is 0 Å². The van der Waals surface area contributed by atoms with E-state index in [2.05, 4.69) is 5.32 Å². The molecule has 2 aliphatic rings. The number of halogens is 1. The number of amides is 1. The van der Waals surface area contributed by atoms with Crippen molar-refractivity contribution >= 4 is 5.91 Å². The van der Waals surface area contributed by atoms with Crippen LogP contribution in [-0.2, 0) is 11.2 Å². The first-order valence-corrected chi connectivity index (χ1v) is 6.16. The van der Waals surface area contributed by atoms with Gasteiger partial charge in [-0.25, -0.2) is 4.39 Å². The highest BCUT2D eigenvalue weighted by molar-refractivity contribution is 5.79. The fourth-order valence-corrected chi connectivity index (χ4v) is 2.48. The summed E-state index contributed by atoms with van der Waals surface area (Å²) in [6.07, 6.45) is 0.619. The Kier molecular flexibility index (Phi) is 2.91. The molecule has 1 amide bonds. The summed E-state index contributed by atoms with van der Waals surface area (Å²) < 4.78 is 18.8. The van der Waals surface area contributed by atoms with Gasteiger partial charge in [0.1, 0.15) is 17.7 Å². The Bertz CT molecular complexity index is 478. The van der Waals surface area contributed by atoms with Crippen molar-refractivity contribution in [3.8, 4) is 5.75 Å². The van der Waals surface area contributed by atoms with Gasteiger partial charge in [-0.2, -0.15) is 0 Å². The van der Waals surface area contributed by atoms with Gasteiger partial charge in [0.05, 0.1) is 13.1 Å². The molecule has 0 aromatic heterocycles. The second-order valence-corrected chi connectivity index (χ2v) is 4.71. The molecule has 2 heterocycles. The molecule has 0 spiro atoms. The number of nitrogens with one attached hydrogen (secondary N) is 1. The van der Waals surface area contributed by atoms with Crippen LogP contribution in [0.3, 0.4) is 0 Å². The monoisotopic (exact) mass is 250 g/mol. The van der Waals surface area contributed by atoms with Crippen LogP contribution in [0, 0.1) is 5.82 Å². The molecule has 1 N–H and O–H groups in total. The van der Waals surface area contributed by atoms with Crippen LogP contribution in [0.25, 0.3) is 0 Å². The second-order valence-electron chi connectivity index (χ2n) is 4.71. The first-order chi connectivity index (χ1) is 8.72. The molecule has 96 valence electrons. The number of fused-ring (bicyclic) bond motifs is 1. The van der Waals surface area contributed by atoms with Crippen molar-refractivity contribution in [2.24, 2.45) is 0 Å². The Hall–Kier alpha value is -1.62. The number of rotatable bonds is 2. The fourth-order valence-electron chi connectivity index (χ4n) is 2.48. The minimum atomic E-state index is -0.240. The van der Waals surface area contributed by atoms with E-state index in [1.165, 1.54) is 12.1 Å². The highest BCUT2D eigenvalue weighted by Gasteiger charge is 2.28. The third-order valence-corrected chi connectivity index (χ3v) is 3.38. The molecule has 18 heavy (non-hydrogen) atoms. The molecule has 3 rings (SSSR count). The largest absolute Gasteiger partial charge is 0.488 e. The second kappa shape index (κ2) is 4.57. The number of piperazine rings is 1.